The van der Waals surface area contributed by atoms with E-state index in [1.54, 1.807) is 0 Å². The lowest BCUT2D eigenvalue weighted by atomic mass is 10.0. The number of carbonyl (C=O) groups is 2. The first kappa shape index (κ1) is 14.4. The van der Waals surface area contributed by atoms with Crippen LogP contribution in [0.4, 0.5) is 8.78 Å². The normalized spacial score (nSPS) is 18.8. The summed E-state index contributed by atoms with van der Waals surface area (Å²) in [5, 5.41) is 0. The highest BCUT2D eigenvalue weighted by Gasteiger charge is 2.34. The largest absolute Gasteiger partial charge is 0.467 e. The van der Waals surface area contributed by atoms with Crippen LogP contribution in [0.5, 0.6) is 0 Å². The molecule has 1 atom stereocenters. The number of hydrogen-bond acceptors (Lipinski definition) is 3. The summed E-state index contributed by atoms with van der Waals surface area (Å²) in [5.41, 5.74) is -0.360. The summed E-state index contributed by atoms with van der Waals surface area (Å²) in [6, 6.07) is 2.69. The predicted octanol–water partition coefficient (Wildman–Crippen LogP) is 2.13. The molecule has 1 aromatic rings. The maximum Gasteiger partial charge on any atom is 0.328 e. The van der Waals surface area contributed by atoms with Crippen LogP contribution in [-0.4, -0.2) is 36.5 Å². The molecule has 1 aliphatic heterocycles. The Morgan fingerprint density at radius 1 is 1.30 bits per heavy atom. The lowest BCUT2D eigenvalue weighted by molar-refractivity contribution is -0.147. The lowest BCUT2D eigenvalue weighted by Crippen LogP contribution is -2.48. The number of piperidine rings is 1. The Hall–Kier alpha value is -1.98. The van der Waals surface area contributed by atoms with E-state index < -0.39 is 29.6 Å². The molecule has 0 saturated carbocycles. The fourth-order valence-electron chi connectivity index (χ4n) is 2.38. The molecule has 1 aromatic carbocycles. The van der Waals surface area contributed by atoms with E-state index >= 15 is 0 Å². The first-order chi connectivity index (χ1) is 9.56. The van der Waals surface area contributed by atoms with Crippen LogP contribution < -0.4 is 0 Å². The molecule has 0 aromatic heterocycles. The number of hydrogen-bond donors (Lipinski definition) is 0. The van der Waals surface area contributed by atoms with Gasteiger partial charge in [-0.3, -0.25) is 4.79 Å². The lowest BCUT2D eigenvalue weighted by Gasteiger charge is -2.33. The highest BCUT2D eigenvalue weighted by molar-refractivity contribution is 5.97. The van der Waals surface area contributed by atoms with Gasteiger partial charge in [-0.25, -0.2) is 13.6 Å². The van der Waals surface area contributed by atoms with E-state index in [-0.39, 0.29) is 5.56 Å². The number of benzene rings is 1. The zero-order chi connectivity index (χ0) is 14.7. The Kier molecular flexibility index (Phi) is 4.32. The van der Waals surface area contributed by atoms with Gasteiger partial charge in [0.2, 0.25) is 0 Å². The zero-order valence-electron chi connectivity index (χ0n) is 11.1. The van der Waals surface area contributed by atoms with E-state index in [0.29, 0.717) is 13.0 Å². The molecule has 0 spiro atoms. The van der Waals surface area contributed by atoms with Crippen molar-refractivity contribution in [2.24, 2.45) is 0 Å². The van der Waals surface area contributed by atoms with Gasteiger partial charge in [-0.2, -0.15) is 0 Å². The summed E-state index contributed by atoms with van der Waals surface area (Å²) >= 11 is 0. The van der Waals surface area contributed by atoms with Gasteiger partial charge in [0.05, 0.1) is 12.7 Å². The summed E-state index contributed by atoms with van der Waals surface area (Å²) in [4.78, 5) is 25.3. The van der Waals surface area contributed by atoms with E-state index in [0.717, 1.165) is 18.9 Å². The molecule has 4 nitrogen and oxygen atoms in total. The fourth-order valence-corrected chi connectivity index (χ4v) is 2.38. The molecule has 1 amide bonds. The molecular weight excluding hydrogens is 268 g/mol. The Labute approximate surface area is 115 Å². The molecule has 0 aliphatic carbocycles. The van der Waals surface area contributed by atoms with Crippen LogP contribution in [-0.2, 0) is 9.53 Å². The molecule has 1 aliphatic rings. The average Bonchev–Trinajstić information content (AvgIpc) is 2.48. The maximum atomic E-state index is 13.7. The smallest absolute Gasteiger partial charge is 0.328 e. The second-order valence-corrected chi connectivity index (χ2v) is 4.63. The Bertz CT molecular complexity index is 533. The van der Waals surface area contributed by atoms with Gasteiger partial charge in [0.15, 0.2) is 11.6 Å². The predicted molar refractivity (Wildman–Crippen MR) is 67.0 cm³/mol. The minimum absolute atomic E-state index is 0.328. The highest BCUT2D eigenvalue weighted by atomic mass is 19.2. The van der Waals surface area contributed by atoms with Crippen molar-refractivity contribution in [1.29, 1.82) is 0 Å². The monoisotopic (exact) mass is 283 g/mol. The molecular formula is C14H15F2NO3. The number of likely N-dealkylation sites (tertiary alicyclic amines) is 1. The number of nitrogens with zero attached hydrogens (tertiary/aromatic N) is 1. The molecule has 1 fully saturated rings. The standard InChI is InChI=1S/C14H15F2NO3/c1-20-14(19)11-7-2-3-8-17(11)13(18)9-5-4-6-10(15)12(9)16/h4-6,11H,2-3,7-8H2,1H3/t11-/m1/s1. The number of halogens is 2. The summed E-state index contributed by atoms with van der Waals surface area (Å²) in [6.07, 6.45) is 1.97. The van der Waals surface area contributed by atoms with Crippen molar-refractivity contribution in [1.82, 2.24) is 4.90 Å². The molecule has 20 heavy (non-hydrogen) atoms. The number of carbonyl (C=O) groups excluding carboxylic acids is 2. The van der Waals surface area contributed by atoms with Gasteiger partial charge in [-0.15, -0.1) is 0 Å². The van der Waals surface area contributed by atoms with Crippen LogP contribution in [0.2, 0.25) is 0 Å². The molecule has 2 rings (SSSR count). The van der Waals surface area contributed by atoms with Gasteiger partial charge >= 0.3 is 5.97 Å². The Morgan fingerprint density at radius 2 is 2.05 bits per heavy atom. The van der Waals surface area contributed by atoms with Crippen LogP contribution in [0, 0.1) is 11.6 Å². The van der Waals surface area contributed by atoms with Crippen molar-refractivity contribution in [3.8, 4) is 0 Å². The molecule has 0 unspecified atom stereocenters. The SMILES string of the molecule is COC(=O)[C@H]1CCCCN1C(=O)c1cccc(F)c1F. The van der Waals surface area contributed by atoms with Crippen LogP contribution in [0.15, 0.2) is 18.2 Å². The Morgan fingerprint density at radius 3 is 2.75 bits per heavy atom. The van der Waals surface area contributed by atoms with Gasteiger partial charge < -0.3 is 9.64 Å². The Balaban J connectivity index is 2.30. The zero-order valence-corrected chi connectivity index (χ0v) is 11.1. The molecule has 1 saturated heterocycles. The van der Waals surface area contributed by atoms with E-state index in [1.807, 2.05) is 0 Å². The van der Waals surface area contributed by atoms with Crippen LogP contribution >= 0.6 is 0 Å². The highest BCUT2D eigenvalue weighted by Crippen LogP contribution is 2.22. The third-order valence-electron chi connectivity index (χ3n) is 3.42. The topological polar surface area (TPSA) is 46.6 Å². The second-order valence-electron chi connectivity index (χ2n) is 4.63. The van der Waals surface area contributed by atoms with Gasteiger partial charge in [0.25, 0.3) is 5.91 Å². The number of methoxy groups -OCH3 is 1. The molecule has 0 N–H and O–H groups in total. The van der Waals surface area contributed by atoms with E-state index in [4.69, 9.17) is 0 Å². The summed E-state index contributed by atoms with van der Waals surface area (Å²) < 4.78 is 31.5. The first-order valence-electron chi connectivity index (χ1n) is 6.39. The molecule has 0 bridgehead atoms. The summed E-state index contributed by atoms with van der Waals surface area (Å²) in [7, 11) is 1.24. The van der Waals surface area contributed by atoms with E-state index in [9.17, 15) is 18.4 Å². The van der Waals surface area contributed by atoms with Gasteiger partial charge in [0, 0.05) is 6.54 Å². The van der Waals surface area contributed by atoms with Crippen LogP contribution in [0.25, 0.3) is 0 Å². The fraction of sp³-hybridized carbons (Fsp3) is 0.429. The summed E-state index contributed by atoms with van der Waals surface area (Å²) in [6.45, 7) is 0.328. The third kappa shape index (κ3) is 2.64. The van der Waals surface area contributed by atoms with Crippen molar-refractivity contribution in [3.05, 3.63) is 35.4 Å². The second kappa shape index (κ2) is 5.98. The molecule has 0 radical (unpaired) electrons. The number of esters is 1. The molecule has 6 heteroatoms. The number of rotatable bonds is 2. The molecule has 1 heterocycles. The maximum absolute atomic E-state index is 13.7. The van der Waals surface area contributed by atoms with Crippen molar-refractivity contribution in [2.45, 2.75) is 25.3 Å². The van der Waals surface area contributed by atoms with Crippen molar-refractivity contribution >= 4 is 11.9 Å². The van der Waals surface area contributed by atoms with Crippen molar-refractivity contribution < 1.29 is 23.1 Å². The minimum Gasteiger partial charge on any atom is -0.467 e. The van der Waals surface area contributed by atoms with Crippen LogP contribution in [0.1, 0.15) is 29.6 Å². The van der Waals surface area contributed by atoms with Gasteiger partial charge in [0.1, 0.15) is 6.04 Å². The minimum atomic E-state index is -1.19. The van der Waals surface area contributed by atoms with E-state index in [2.05, 4.69) is 4.74 Å². The number of ether oxygens (including phenoxy) is 1. The molecule has 108 valence electrons. The van der Waals surface area contributed by atoms with Crippen molar-refractivity contribution in [3.63, 3.8) is 0 Å². The first-order valence-corrected chi connectivity index (χ1v) is 6.39. The third-order valence-corrected chi connectivity index (χ3v) is 3.42. The van der Waals surface area contributed by atoms with E-state index in [1.165, 1.54) is 24.1 Å². The average molecular weight is 283 g/mol. The van der Waals surface area contributed by atoms with Crippen LogP contribution in [0.3, 0.4) is 0 Å². The summed E-state index contributed by atoms with van der Waals surface area (Å²) in [5.74, 6) is -3.49. The number of amides is 1. The van der Waals surface area contributed by atoms with Gasteiger partial charge in [-0.05, 0) is 31.4 Å². The van der Waals surface area contributed by atoms with Crippen molar-refractivity contribution in [2.75, 3.05) is 13.7 Å². The van der Waals surface area contributed by atoms with Gasteiger partial charge in [-0.1, -0.05) is 6.07 Å². The quantitative estimate of drug-likeness (QED) is 0.781.